The third-order valence-electron chi connectivity index (χ3n) is 5.17. The molecule has 1 aliphatic rings. The summed E-state index contributed by atoms with van der Waals surface area (Å²) in [6.45, 7) is 14.4. The van der Waals surface area contributed by atoms with Crippen molar-refractivity contribution in [2.45, 2.75) is 53.3 Å². The third kappa shape index (κ3) is 2.88. The van der Waals surface area contributed by atoms with Crippen LogP contribution in [0.25, 0.3) is 22.6 Å². The second-order valence-corrected chi connectivity index (χ2v) is 7.25. The molecule has 8 heteroatoms. The van der Waals surface area contributed by atoms with Crippen molar-refractivity contribution in [3.05, 3.63) is 18.2 Å². The molecule has 3 aromatic rings. The monoisotopic (exact) mass is 369 g/mol. The maximum Gasteiger partial charge on any atom is 0.167 e. The first-order valence-corrected chi connectivity index (χ1v) is 9.69. The molecule has 0 atom stereocenters. The lowest BCUT2D eigenvalue weighted by molar-refractivity contribution is -0.0530. The first kappa shape index (κ1) is 17.9. The van der Waals surface area contributed by atoms with Gasteiger partial charge in [-0.1, -0.05) is 0 Å². The van der Waals surface area contributed by atoms with Gasteiger partial charge in [-0.15, -0.1) is 0 Å². The smallest absolute Gasteiger partial charge is 0.167 e. The van der Waals surface area contributed by atoms with E-state index in [1.165, 1.54) is 0 Å². The van der Waals surface area contributed by atoms with Crippen LogP contribution in [0, 0.1) is 0 Å². The van der Waals surface area contributed by atoms with Crippen LogP contribution < -0.4 is 4.90 Å². The van der Waals surface area contributed by atoms with Gasteiger partial charge in [0, 0.05) is 32.4 Å². The summed E-state index contributed by atoms with van der Waals surface area (Å²) in [6, 6.07) is 0. The van der Waals surface area contributed by atoms with Crippen molar-refractivity contribution in [2.24, 2.45) is 0 Å². The van der Waals surface area contributed by atoms with Gasteiger partial charge in [-0.25, -0.2) is 15.0 Å². The minimum atomic E-state index is -0.438. The van der Waals surface area contributed by atoms with Crippen LogP contribution in [0.1, 0.15) is 40.4 Å². The first-order valence-electron chi connectivity index (χ1n) is 9.69. The van der Waals surface area contributed by atoms with E-state index in [2.05, 4.69) is 49.2 Å². The number of hydrogen-bond acceptors (Lipinski definition) is 6. The molecule has 0 spiro atoms. The minimum absolute atomic E-state index is 0.438. The molecule has 0 saturated carbocycles. The van der Waals surface area contributed by atoms with Crippen molar-refractivity contribution >= 4 is 17.0 Å². The number of imidazole rings is 1. The van der Waals surface area contributed by atoms with E-state index in [9.17, 15) is 0 Å². The molecule has 0 aromatic carbocycles. The van der Waals surface area contributed by atoms with Gasteiger partial charge in [-0.2, -0.15) is 5.10 Å². The van der Waals surface area contributed by atoms with Crippen molar-refractivity contribution in [3.63, 3.8) is 0 Å². The molecule has 0 bridgehead atoms. The van der Waals surface area contributed by atoms with E-state index in [0.717, 1.165) is 54.5 Å². The fraction of sp³-hybridized carbons (Fsp3) is 0.579. The Hall–Kier alpha value is -2.48. The van der Waals surface area contributed by atoms with Crippen LogP contribution in [0.4, 0.5) is 5.82 Å². The van der Waals surface area contributed by atoms with E-state index in [1.54, 1.807) is 0 Å². The molecular formula is C19H27N7O. The summed E-state index contributed by atoms with van der Waals surface area (Å²) in [5, 5.41) is 4.38. The lowest BCUT2D eigenvalue weighted by Gasteiger charge is -2.30. The Morgan fingerprint density at radius 2 is 1.93 bits per heavy atom. The lowest BCUT2D eigenvalue weighted by atomic mass is 10.1. The van der Waals surface area contributed by atoms with E-state index < -0.39 is 5.60 Å². The van der Waals surface area contributed by atoms with Crippen LogP contribution in [0.15, 0.2) is 12.4 Å². The first-order chi connectivity index (χ1) is 13.0. The van der Waals surface area contributed by atoms with E-state index in [-0.39, 0.29) is 0 Å². The summed E-state index contributed by atoms with van der Waals surface area (Å²) in [4.78, 5) is 17.0. The third-order valence-corrected chi connectivity index (χ3v) is 5.17. The van der Waals surface area contributed by atoms with E-state index in [0.29, 0.717) is 12.4 Å². The second kappa shape index (κ2) is 6.60. The van der Waals surface area contributed by atoms with Gasteiger partial charge in [0.05, 0.1) is 18.4 Å². The van der Waals surface area contributed by atoms with Crippen molar-refractivity contribution in [2.75, 3.05) is 24.6 Å². The summed E-state index contributed by atoms with van der Waals surface area (Å²) >= 11 is 0. The molecule has 1 aliphatic heterocycles. The average Bonchev–Trinajstić information content (AvgIpc) is 3.28. The quantitative estimate of drug-likeness (QED) is 0.688. The van der Waals surface area contributed by atoms with Crippen LogP contribution in [0.2, 0.25) is 0 Å². The van der Waals surface area contributed by atoms with Crippen LogP contribution >= 0.6 is 0 Å². The van der Waals surface area contributed by atoms with Crippen molar-refractivity contribution in [1.29, 1.82) is 0 Å². The van der Waals surface area contributed by atoms with Gasteiger partial charge < -0.3 is 14.2 Å². The Morgan fingerprint density at radius 1 is 1.15 bits per heavy atom. The Kier molecular flexibility index (Phi) is 4.38. The fourth-order valence-electron chi connectivity index (χ4n) is 3.64. The zero-order chi connectivity index (χ0) is 19.2. The highest BCUT2D eigenvalue weighted by atomic mass is 16.5. The Labute approximate surface area is 159 Å². The van der Waals surface area contributed by atoms with Crippen molar-refractivity contribution in [3.8, 4) is 11.4 Å². The van der Waals surface area contributed by atoms with Gasteiger partial charge in [-0.05, 0) is 34.6 Å². The predicted molar refractivity (Wildman–Crippen MR) is 105 cm³/mol. The highest BCUT2D eigenvalue weighted by Crippen LogP contribution is 2.34. The molecule has 8 nitrogen and oxygen atoms in total. The van der Waals surface area contributed by atoms with E-state index >= 15 is 0 Å². The molecule has 0 amide bonds. The molecule has 0 N–H and O–H groups in total. The number of aryl methyl sites for hydroxylation is 1. The molecular weight excluding hydrogens is 342 g/mol. The van der Waals surface area contributed by atoms with Crippen LogP contribution in [0.3, 0.4) is 0 Å². The zero-order valence-electron chi connectivity index (χ0n) is 16.7. The Balaban J connectivity index is 1.98. The molecule has 144 valence electrons. The number of nitrogens with zero attached hydrogens (tertiary/aromatic N) is 7. The normalized spacial score (nSPS) is 15.9. The lowest BCUT2D eigenvalue weighted by Crippen LogP contribution is -2.33. The fourth-order valence-corrected chi connectivity index (χ4v) is 3.64. The maximum atomic E-state index is 5.95. The molecule has 0 radical (unpaired) electrons. The molecule has 0 fully saturated rings. The van der Waals surface area contributed by atoms with Crippen LogP contribution in [-0.2, 0) is 23.4 Å². The summed E-state index contributed by atoms with van der Waals surface area (Å²) < 4.78 is 10.0. The molecule has 4 rings (SSSR count). The molecule has 0 unspecified atom stereocenters. The molecule has 3 aromatic heterocycles. The summed E-state index contributed by atoms with van der Waals surface area (Å²) in [5.41, 5.74) is 2.21. The number of ether oxygens (including phenoxy) is 1. The molecule has 4 heterocycles. The number of fused-ring (bicyclic) bond motifs is 3. The van der Waals surface area contributed by atoms with Crippen molar-refractivity contribution in [1.82, 2.24) is 29.3 Å². The molecule has 0 aliphatic carbocycles. The average molecular weight is 369 g/mol. The number of hydrogen-bond donors (Lipinski definition) is 0. The molecule has 0 saturated heterocycles. The van der Waals surface area contributed by atoms with Gasteiger partial charge in [0.15, 0.2) is 22.8 Å². The van der Waals surface area contributed by atoms with Crippen molar-refractivity contribution < 1.29 is 4.74 Å². The van der Waals surface area contributed by atoms with Crippen LogP contribution in [0.5, 0.6) is 0 Å². The number of aromatic nitrogens is 6. The predicted octanol–water partition coefficient (Wildman–Crippen LogP) is 2.82. The largest absolute Gasteiger partial charge is 0.366 e. The Morgan fingerprint density at radius 3 is 2.59 bits per heavy atom. The Bertz CT molecular complexity index is 968. The highest BCUT2D eigenvalue weighted by molar-refractivity contribution is 5.86. The van der Waals surface area contributed by atoms with E-state index in [4.69, 9.17) is 19.7 Å². The van der Waals surface area contributed by atoms with E-state index in [1.807, 2.05) is 17.1 Å². The molecule has 27 heavy (non-hydrogen) atoms. The standard InChI is InChI=1S/C19H27N7O/c1-6-24(7-2)16-14-17(26-9-10-27-19(4,5)18(26)21-14)23-15(22-16)13-11-20-25(8-3)12-13/h11-12H,6-10H2,1-5H3. The summed E-state index contributed by atoms with van der Waals surface area (Å²) in [7, 11) is 0. The van der Waals surface area contributed by atoms with Gasteiger partial charge in [0.2, 0.25) is 0 Å². The topological polar surface area (TPSA) is 73.9 Å². The number of rotatable bonds is 5. The van der Waals surface area contributed by atoms with Gasteiger partial charge >= 0.3 is 0 Å². The van der Waals surface area contributed by atoms with Crippen LogP contribution in [-0.4, -0.2) is 49.0 Å². The van der Waals surface area contributed by atoms with Gasteiger partial charge in [0.1, 0.15) is 11.4 Å². The summed E-state index contributed by atoms with van der Waals surface area (Å²) in [5.74, 6) is 2.48. The van der Waals surface area contributed by atoms with Gasteiger partial charge in [0.25, 0.3) is 0 Å². The zero-order valence-corrected chi connectivity index (χ0v) is 16.7. The maximum absolute atomic E-state index is 5.95. The SMILES string of the molecule is CCN(CC)c1nc(-c2cnn(CC)c2)nc2c1nc1n2CCOC1(C)C. The highest BCUT2D eigenvalue weighted by Gasteiger charge is 2.34. The summed E-state index contributed by atoms with van der Waals surface area (Å²) in [6.07, 6.45) is 3.82. The number of anilines is 1. The van der Waals surface area contributed by atoms with Gasteiger partial charge in [-0.3, -0.25) is 4.68 Å². The second-order valence-electron chi connectivity index (χ2n) is 7.25. The minimum Gasteiger partial charge on any atom is -0.366 e.